The molecule has 2 rings (SSSR count). The van der Waals surface area contributed by atoms with Crippen LogP contribution in [-0.4, -0.2) is 14.8 Å². The van der Waals surface area contributed by atoms with Crippen molar-refractivity contribution >= 4 is 0 Å². The molecule has 0 saturated heterocycles. The van der Waals surface area contributed by atoms with Gasteiger partial charge >= 0.3 is 0 Å². The molecule has 0 bridgehead atoms. The van der Waals surface area contributed by atoms with Gasteiger partial charge in [0.25, 0.3) is 0 Å². The van der Waals surface area contributed by atoms with Crippen LogP contribution >= 0.6 is 0 Å². The molecule has 4 nitrogen and oxygen atoms in total. The number of nitrogens with zero attached hydrogens (tertiary/aromatic N) is 3. The minimum atomic E-state index is 0.420. The van der Waals surface area contributed by atoms with Crippen LogP contribution in [0.1, 0.15) is 45.0 Å². The molecule has 0 aliphatic carbocycles. The van der Waals surface area contributed by atoms with Crippen molar-refractivity contribution in [2.45, 2.75) is 46.7 Å². The lowest BCUT2D eigenvalue weighted by Gasteiger charge is -2.12. The van der Waals surface area contributed by atoms with E-state index in [4.69, 9.17) is 5.73 Å². The van der Waals surface area contributed by atoms with Crippen molar-refractivity contribution in [2.24, 2.45) is 11.7 Å². The molecule has 1 heterocycles. The van der Waals surface area contributed by atoms with Crippen molar-refractivity contribution in [3.05, 3.63) is 35.7 Å². The molecule has 20 heavy (non-hydrogen) atoms. The highest BCUT2D eigenvalue weighted by atomic mass is 15.3. The molecule has 0 atom stereocenters. The predicted molar refractivity (Wildman–Crippen MR) is 82.3 cm³/mol. The lowest BCUT2D eigenvalue weighted by molar-refractivity contribution is 0.510. The second-order valence-electron chi connectivity index (χ2n) is 5.93. The van der Waals surface area contributed by atoms with Crippen molar-refractivity contribution in [3.8, 4) is 11.4 Å². The molecule has 0 unspecified atom stereocenters. The van der Waals surface area contributed by atoms with Gasteiger partial charge in [0.2, 0.25) is 0 Å². The van der Waals surface area contributed by atoms with Gasteiger partial charge in [-0.05, 0) is 17.4 Å². The van der Waals surface area contributed by atoms with E-state index in [-0.39, 0.29) is 0 Å². The first-order chi connectivity index (χ1) is 9.52. The second kappa shape index (κ2) is 6.18. The Kier molecular flexibility index (Phi) is 4.55. The van der Waals surface area contributed by atoms with Crippen LogP contribution < -0.4 is 5.73 Å². The molecule has 0 amide bonds. The number of rotatable bonds is 5. The Labute approximate surface area is 121 Å². The van der Waals surface area contributed by atoms with E-state index in [9.17, 15) is 0 Å². The lowest BCUT2D eigenvalue weighted by atomic mass is 10.0. The molecule has 0 spiro atoms. The van der Waals surface area contributed by atoms with E-state index in [1.54, 1.807) is 0 Å². The molecule has 0 aliphatic heterocycles. The summed E-state index contributed by atoms with van der Waals surface area (Å²) in [5.41, 5.74) is 8.19. The molecule has 0 saturated carbocycles. The fourth-order valence-electron chi connectivity index (χ4n) is 2.27. The Morgan fingerprint density at radius 1 is 1.05 bits per heavy atom. The predicted octanol–water partition coefficient (Wildman–Crippen LogP) is 3.18. The zero-order valence-corrected chi connectivity index (χ0v) is 12.8. The SMILES string of the molecule is CC(C)Cn1c(CN)nnc1-c1ccc(C(C)C)cc1. The summed E-state index contributed by atoms with van der Waals surface area (Å²) in [6, 6.07) is 8.57. The molecule has 0 radical (unpaired) electrons. The number of benzene rings is 1. The third kappa shape index (κ3) is 3.07. The van der Waals surface area contributed by atoms with Gasteiger partial charge in [-0.25, -0.2) is 0 Å². The van der Waals surface area contributed by atoms with Gasteiger partial charge in [-0.3, -0.25) is 0 Å². The topological polar surface area (TPSA) is 56.7 Å². The third-order valence-electron chi connectivity index (χ3n) is 3.39. The number of aromatic nitrogens is 3. The van der Waals surface area contributed by atoms with Crippen molar-refractivity contribution in [2.75, 3.05) is 0 Å². The Morgan fingerprint density at radius 2 is 1.70 bits per heavy atom. The van der Waals surface area contributed by atoms with Gasteiger partial charge in [-0.15, -0.1) is 10.2 Å². The van der Waals surface area contributed by atoms with E-state index >= 15 is 0 Å². The molecule has 1 aromatic carbocycles. The highest BCUT2D eigenvalue weighted by Gasteiger charge is 2.14. The zero-order valence-electron chi connectivity index (χ0n) is 12.8. The Morgan fingerprint density at radius 3 is 2.20 bits per heavy atom. The molecule has 2 N–H and O–H groups in total. The van der Waals surface area contributed by atoms with Gasteiger partial charge in [-0.2, -0.15) is 0 Å². The number of nitrogens with two attached hydrogens (primary N) is 1. The van der Waals surface area contributed by atoms with Crippen LogP contribution in [0.25, 0.3) is 11.4 Å². The van der Waals surface area contributed by atoms with Gasteiger partial charge < -0.3 is 10.3 Å². The fraction of sp³-hybridized carbons (Fsp3) is 0.500. The molecular weight excluding hydrogens is 248 g/mol. The summed E-state index contributed by atoms with van der Waals surface area (Å²) in [6.45, 7) is 10.1. The monoisotopic (exact) mass is 272 g/mol. The Hall–Kier alpha value is -1.68. The highest BCUT2D eigenvalue weighted by molar-refractivity contribution is 5.56. The molecule has 4 heteroatoms. The van der Waals surface area contributed by atoms with Gasteiger partial charge in [-0.1, -0.05) is 52.0 Å². The smallest absolute Gasteiger partial charge is 0.164 e. The first-order valence-corrected chi connectivity index (χ1v) is 7.25. The van der Waals surface area contributed by atoms with Crippen molar-refractivity contribution in [1.82, 2.24) is 14.8 Å². The maximum absolute atomic E-state index is 5.76. The second-order valence-corrected chi connectivity index (χ2v) is 5.93. The van der Waals surface area contributed by atoms with Crippen LogP contribution in [0.3, 0.4) is 0 Å². The average molecular weight is 272 g/mol. The van der Waals surface area contributed by atoms with Gasteiger partial charge in [0.1, 0.15) is 5.82 Å². The zero-order chi connectivity index (χ0) is 14.7. The van der Waals surface area contributed by atoms with Crippen LogP contribution in [0, 0.1) is 5.92 Å². The fourth-order valence-corrected chi connectivity index (χ4v) is 2.27. The van der Waals surface area contributed by atoms with Gasteiger partial charge in [0.15, 0.2) is 5.82 Å². The first kappa shape index (κ1) is 14.7. The molecule has 1 aromatic heterocycles. The van der Waals surface area contributed by atoms with Crippen molar-refractivity contribution in [1.29, 1.82) is 0 Å². The maximum Gasteiger partial charge on any atom is 0.164 e. The van der Waals surface area contributed by atoms with E-state index in [1.807, 2.05) is 0 Å². The number of hydrogen-bond donors (Lipinski definition) is 1. The molecule has 108 valence electrons. The molecule has 2 aromatic rings. The van der Waals surface area contributed by atoms with E-state index in [0.717, 1.165) is 23.8 Å². The van der Waals surface area contributed by atoms with Crippen LogP contribution in [-0.2, 0) is 13.1 Å². The van der Waals surface area contributed by atoms with E-state index in [2.05, 4.69) is 66.7 Å². The number of hydrogen-bond acceptors (Lipinski definition) is 3. The summed E-state index contributed by atoms with van der Waals surface area (Å²) in [7, 11) is 0. The summed E-state index contributed by atoms with van der Waals surface area (Å²) < 4.78 is 2.13. The third-order valence-corrected chi connectivity index (χ3v) is 3.39. The normalized spacial score (nSPS) is 11.6. The first-order valence-electron chi connectivity index (χ1n) is 7.25. The summed E-state index contributed by atoms with van der Waals surface area (Å²) >= 11 is 0. The van der Waals surface area contributed by atoms with Gasteiger partial charge in [0, 0.05) is 12.1 Å². The van der Waals surface area contributed by atoms with E-state index < -0.39 is 0 Å². The Balaban J connectivity index is 2.38. The average Bonchev–Trinajstić information content (AvgIpc) is 2.81. The largest absolute Gasteiger partial charge is 0.324 e. The van der Waals surface area contributed by atoms with Crippen molar-refractivity contribution < 1.29 is 0 Å². The van der Waals surface area contributed by atoms with Crippen LogP contribution in [0.5, 0.6) is 0 Å². The summed E-state index contributed by atoms with van der Waals surface area (Å²) in [4.78, 5) is 0. The van der Waals surface area contributed by atoms with Crippen LogP contribution in [0.4, 0.5) is 0 Å². The summed E-state index contributed by atoms with van der Waals surface area (Å²) in [6.07, 6.45) is 0. The molecule has 0 fully saturated rings. The maximum atomic E-state index is 5.76. The Bertz CT molecular complexity index is 552. The molecule has 0 aliphatic rings. The lowest BCUT2D eigenvalue weighted by Crippen LogP contribution is -2.13. The quantitative estimate of drug-likeness (QED) is 0.909. The summed E-state index contributed by atoms with van der Waals surface area (Å²) in [5, 5.41) is 8.53. The van der Waals surface area contributed by atoms with Crippen LogP contribution in [0.2, 0.25) is 0 Å². The van der Waals surface area contributed by atoms with Crippen molar-refractivity contribution in [3.63, 3.8) is 0 Å². The van der Waals surface area contributed by atoms with E-state index in [1.165, 1.54) is 5.56 Å². The van der Waals surface area contributed by atoms with Crippen LogP contribution in [0.15, 0.2) is 24.3 Å². The molecular formula is C16H24N4. The standard InChI is InChI=1S/C16H24N4/c1-11(2)10-20-15(9-17)18-19-16(20)14-7-5-13(6-8-14)12(3)4/h5-8,11-12H,9-10,17H2,1-4H3. The minimum Gasteiger partial charge on any atom is -0.324 e. The summed E-state index contributed by atoms with van der Waals surface area (Å²) in [5.74, 6) is 2.83. The van der Waals surface area contributed by atoms with Gasteiger partial charge in [0.05, 0.1) is 6.54 Å². The minimum absolute atomic E-state index is 0.420. The highest BCUT2D eigenvalue weighted by Crippen LogP contribution is 2.22. The van der Waals surface area contributed by atoms with E-state index in [0.29, 0.717) is 18.4 Å².